The molecule has 2 heterocycles. The molecule has 1 atom stereocenters. The minimum atomic E-state index is -4.37. The smallest absolute Gasteiger partial charge is 0.416 e. The van der Waals surface area contributed by atoms with Crippen molar-refractivity contribution in [2.24, 2.45) is 0 Å². The van der Waals surface area contributed by atoms with Crippen molar-refractivity contribution < 1.29 is 27.4 Å². The summed E-state index contributed by atoms with van der Waals surface area (Å²) in [5, 5.41) is 0.596. The van der Waals surface area contributed by atoms with Crippen LogP contribution in [0, 0.1) is 0 Å². The van der Waals surface area contributed by atoms with Gasteiger partial charge < -0.3 is 19.3 Å². The number of morpholine rings is 1. The van der Waals surface area contributed by atoms with E-state index in [1.807, 2.05) is 11.9 Å². The largest absolute Gasteiger partial charge is 0.491 e. The van der Waals surface area contributed by atoms with Crippen LogP contribution >= 0.6 is 11.6 Å². The minimum absolute atomic E-state index is 0.0131. The van der Waals surface area contributed by atoms with Gasteiger partial charge in [-0.1, -0.05) is 23.7 Å². The van der Waals surface area contributed by atoms with E-state index in [1.165, 1.54) is 12.1 Å². The van der Waals surface area contributed by atoms with Crippen molar-refractivity contribution in [3.8, 4) is 5.75 Å². The van der Waals surface area contributed by atoms with Gasteiger partial charge in [0.05, 0.1) is 18.6 Å². The Kier molecular flexibility index (Phi) is 8.44. The van der Waals surface area contributed by atoms with Crippen LogP contribution in [0.1, 0.15) is 17.5 Å². The van der Waals surface area contributed by atoms with Crippen LogP contribution in [0.3, 0.4) is 0 Å². The fourth-order valence-electron chi connectivity index (χ4n) is 4.55. The maximum absolute atomic E-state index is 13.3. The number of amides is 1. The zero-order valence-corrected chi connectivity index (χ0v) is 21.0. The Morgan fingerprint density at radius 3 is 2.33 bits per heavy atom. The van der Waals surface area contributed by atoms with E-state index >= 15 is 0 Å². The molecular formula is C26H31ClF3N3O3. The second kappa shape index (κ2) is 11.4. The van der Waals surface area contributed by atoms with Gasteiger partial charge in [0.15, 0.2) is 0 Å². The molecule has 0 radical (unpaired) electrons. The first kappa shape index (κ1) is 26.7. The highest BCUT2D eigenvalue weighted by Crippen LogP contribution is 2.30. The number of benzene rings is 2. The first-order valence-electron chi connectivity index (χ1n) is 12.0. The van der Waals surface area contributed by atoms with Gasteiger partial charge in [0, 0.05) is 50.8 Å². The van der Waals surface area contributed by atoms with E-state index < -0.39 is 17.3 Å². The number of hydrogen-bond donors (Lipinski definition) is 0. The van der Waals surface area contributed by atoms with Crippen molar-refractivity contribution in [2.45, 2.75) is 24.7 Å². The van der Waals surface area contributed by atoms with Crippen LogP contribution in [0.4, 0.5) is 13.2 Å². The molecule has 2 aliphatic heterocycles. The second-order valence-electron chi connectivity index (χ2n) is 9.54. The Labute approximate surface area is 214 Å². The summed E-state index contributed by atoms with van der Waals surface area (Å²) in [7, 11) is 2.03. The van der Waals surface area contributed by atoms with Crippen LogP contribution in [0.5, 0.6) is 5.75 Å². The molecule has 2 fully saturated rings. The summed E-state index contributed by atoms with van der Waals surface area (Å²) in [4.78, 5) is 19.4. The molecule has 2 aromatic rings. The van der Waals surface area contributed by atoms with E-state index in [-0.39, 0.29) is 18.9 Å². The molecule has 196 valence electrons. The molecule has 0 spiro atoms. The topological polar surface area (TPSA) is 45.2 Å². The average molecular weight is 526 g/mol. The molecule has 0 saturated carbocycles. The first-order valence-corrected chi connectivity index (χ1v) is 12.4. The van der Waals surface area contributed by atoms with Gasteiger partial charge in [-0.2, -0.15) is 13.2 Å². The summed E-state index contributed by atoms with van der Waals surface area (Å²) < 4.78 is 51.1. The van der Waals surface area contributed by atoms with Gasteiger partial charge in [-0.3, -0.25) is 9.69 Å². The molecule has 2 aliphatic rings. The summed E-state index contributed by atoms with van der Waals surface area (Å²) >= 11 is 5.98. The summed E-state index contributed by atoms with van der Waals surface area (Å²) in [5.41, 5.74) is -0.788. The van der Waals surface area contributed by atoms with E-state index in [9.17, 15) is 18.0 Å². The molecule has 0 unspecified atom stereocenters. The Balaban J connectivity index is 1.47. The van der Waals surface area contributed by atoms with Crippen LogP contribution in [0.15, 0.2) is 48.5 Å². The summed E-state index contributed by atoms with van der Waals surface area (Å²) in [5.74, 6) is 0.633. The predicted molar refractivity (Wildman–Crippen MR) is 131 cm³/mol. The molecule has 6 nitrogen and oxygen atoms in total. The number of piperazine rings is 1. The Hall–Kier alpha value is -2.33. The fraction of sp³-hybridized carbons (Fsp3) is 0.500. The quantitative estimate of drug-likeness (QED) is 0.543. The molecule has 4 rings (SSSR count). The normalized spacial score (nSPS) is 22.0. The van der Waals surface area contributed by atoms with Gasteiger partial charge in [-0.25, -0.2) is 0 Å². The highest BCUT2D eigenvalue weighted by molar-refractivity contribution is 6.30. The molecule has 36 heavy (non-hydrogen) atoms. The molecule has 0 N–H and O–H groups in total. The lowest BCUT2D eigenvalue weighted by atomic mass is 9.96. The van der Waals surface area contributed by atoms with Crippen molar-refractivity contribution in [1.82, 2.24) is 14.7 Å². The molecule has 10 heteroatoms. The third kappa shape index (κ3) is 7.12. The van der Waals surface area contributed by atoms with Gasteiger partial charge in [-0.05, 0) is 49.0 Å². The van der Waals surface area contributed by atoms with Gasteiger partial charge in [0.1, 0.15) is 18.0 Å². The highest BCUT2D eigenvalue weighted by atomic mass is 35.5. The van der Waals surface area contributed by atoms with E-state index in [0.717, 1.165) is 30.8 Å². The molecule has 0 aliphatic carbocycles. The number of likely N-dealkylation sites (N-methyl/N-ethyl adjacent to an activating group) is 1. The summed E-state index contributed by atoms with van der Waals surface area (Å²) in [6.45, 7) is 5.00. The van der Waals surface area contributed by atoms with E-state index in [2.05, 4.69) is 9.80 Å². The van der Waals surface area contributed by atoms with Crippen LogP contribution in [-0.2, 0) is 22.3 Å². The van der Waals surface area contributed by atoms with Crippen molar-refractivity contribution >= 4 is 17.5 Å². The lowest BCUT2D eigenvalue weighted by Gasteiger charge is -2.43. The minimum Gasteiger partial charge on any atom is -0.491 e. The third-order valence-corrected chi connectivity index (χ3v) is 6.91. The third-order valence-electron chi connectivity index (χ3n) is 6.66. The monoisotopic (exact) mass is 525 g/mol. The predicted octanol–water partition coefficient (Wildman–Crippen LogP) is 4.17. The number of carbonyl (C=O) groups is 1. The molecular weight excluding hydrogens is 495 g/mol. The number of rotatable bonds is 7. The van der Waals surface area contributed by atoms with Crippen LogP contribution in [-0.4, -0.2) is 85.7 Å². The SMILES string of the molecule is CN1CCN(C(=O)C[C@@]2(COc3ccc(Cl)cc3)CN(Cc3ccc(C(F)(F)F)cc3)CCO2)CC1. The highest BCUT2D eigenvalue weighted by Gasteiger charge is 2.41. The van der Waals surface area contributed by atoms with Gasteiger partial charge in [0.25, 0.3) is 0 Å². The number of nitrogens with zero attached hydrogens (tertiary/aromatic N) is 3. The van der Waals surface area contributed by atoms with E-state index in [0.29, 0.717) is 50.1 Å². The number of halogens is 4. The Morgan fingerprint density at radius 2 is 1.69 bits per heavy atom. The van der Waals surface area contributed by atoms with E-state index in [1.54, 1.807) is 24.3 Å². The number of carbonyl (C=O) groups excluding carboxylic acids is 1. The fourth-order valence-corrected chi connectivity index (χ4v) is 4.68. The van der Waals surface area contributed by atoms with Crippen molar-refractivity contribution in [1.29, 1.82) is 0 Å². The van der Waals surface area contributed by atoms with Crippen molar-refractivity contribution in [3.05, 3.63) is 64.7 Å². The van der Waals surface area contributed by atoms with Gasteiger partial charge in [0.2, 0.25) is 5.91 Å². The Morgan fingerprint density at radius 1 is 1.03 bits per heavy atom. The summed E-state index contributed by atoms with van der Waals surface area (Å²) in [6, 6.07) is 12.2. The molecule has 0 aromatic heterocycles. The number of ether oxygens (including phenoxy) is 2. The van der Waals surface area contributed by atoms with Crippen molar-refractivity contribution in [2.75, 3.05) is 59.5 Å². The average Bonchev–Trinajstić information content (AvgIpc) is 2.84. The van der Waals surface area contributed by atoms with Gasteiger partial charge >= 0.3 is 6.18 Å². The standard InChI is InChI=1S/C26H31ClF3N3O3/c1-31-10-12-33(13-11-31)24(34)16-25(19-35-23-8-6-22(27)7-9-23)18-32(14-15-36-25)17-20-2-4-21(5-3-20)26(28,29)30/h2-9H,10-19H2,1H3/t25-/m0/s1. The van der Waals surface area contributed by atoms with Crippen LogP contribution < -0.4 is 4.74 Å². The van der Waals surface area contributed by atoms with Crippen LogP contribution in [0.2, 0.25) is 5.02 Å². The Bertz CT molecular complexity index is 1010. The number of hydrogen-bond acceptors (Lipinski definition) is 5. The molecule has 0 bridgehead atoms. The van der Waals surface area contributed by atoms with Crippen molar-refractivity contribution in [3.63, 3.8) is 0 Å². The van der Waals surface area contributed by atoms with E-state index in [4.69, 9.17) is 21.1 Å². The second-order valence-corrected chi connectivity index (χ2v) is 9.98. The zero-order chi connectivity index (χ0) is 25.8. The maximum atomic E-state index is 13.3. The molecule has 1 amide bonds. The maximum Gasteiger partial charge on any atom is 0.416 e. The van der Waals surface area contributed by atoms with Gasteiger partial charge in [-0.15, -0.1) is 0 Å². The zero-order valence-electron chi connectivity index (χ0n) is 20.3. The first-order chi connectivity index (χ1) is 17.1. The number of alkyl halides is 3. The lowest BCUT2D eigenvalue weighted by molar-refractivity contribution is -0.157. The van der Waals surface area contributed by atoms with Crippen LogP contribution in [0.25, 0.3) is 0 Å². The molecule has 2 saturated heterocycles. The lowest BCUT2D eigenvalue weighted by Crippen LogP contribution is -2.58. The summed E-state index contributed by atoms with van der Waals surface area (Å²) in [6.07, 6.45) is -4.21. The molecule has 2 aromatic carbocycles.